The number of sulfone groups is 1. The van der Waals surface area contributed by atoms with E-state index in [9.17, 15) is 35.2 Å². The number of cyclic esters (lactones) is 1. The first kappa shape index (κ1) is 22.9. The Balaban J connectivity index is 2.16. The summed E-state index contributed by atoms with van der Waals surface area (Å²) in [5.41, 5.74) is -1.99. The van der Waals surface area contributed by atoms with Gasteiger partial charge in [0.1, 0.15) is 5.60 Å². The Morgan fingerprint density at radius 2 is 1.61 bits per heavy atom. The molecule has 4 nitrogen and oxygen atoms in total. The highest BCUT2D eigenvalue weighted by Gasteiger charge is 2.50. The predicted octanol–water partition coefficient (Wildman–Crippen LogP) is 4.63. The van der Waals surface area contributed by atoms with Crippen LogP contribution in [0.3, 0.4) is 0 Å². The molecular weight excluding hydrogens is 443 g/mol. The molecule has 0 N–H and O–H groups in total. The van der Waals surface area contributed by atoms with Crippen molar-refractivity contribution in [3.63, 3.8) is 0 Å². The summed E-state index contributed by atoms with van der Waals surface area (Å²) in [4.78, 5) is 12.5. The molecule has 0 bridgehead atoms. The predicted molar refractivity (Wildman–Crippen MR) is 102 cm³/mol. The molecule has 0 radical (unpaired) electrons. The van der Waals surface area contributed by atoms with Crippen LogP contribution in [0.1, 0.15) is 24.5 Å². The van der Waals surface area contributed by atoms with Crippen molar-refractivity contribution in [2.45, 2.75) is 36.4 Å². The summed E-state index contributed by atoms with van der Waals surface area (Å²) in [5.74, 6) is -3.29. The zero-order chi connectivity index (χ0) is 23.2. The van der Waals surface area contributed by atoms with E-state index in [1.54, 1.807) is 0 Å². The molecule has 0 saturated heterocycles. The van der Waals surface area contributed by atoms with E-state index in [0.29, 0.717) is 0 Å². The largest absolute Gasteiger partial charge is 0.451 e. The number of rotatable bonds is 5. The van der Waals surface area contributed by atoms with Crippen molar-refractivity contribution in [3.05, 3.63) is 70.8 Å². The summed E-state index contributed by atoms with van der Waals surface area (Å²) in [5, 5.41) is 0. The molecule has 0 unspecified atom stereocenters. The third kappa shape index (κ3) is 4.95. The second-order valence-electron chi connectivity index (χ2n) is 7.49. The number of carbonyl (C=O) groups is 1. The van der Waals surface area contributed by atoms with Crippen LogP contribution in [0, 0.1) is 11.6 Å². The topological polar surface area (TPSA) is 60.4 Å². The number of ether oxygens (including phenoxy) is 1. The second-order valence-corrected chi connectivity index (χ2v) is 9.50. The number of carbonyl (C=O) groups excluding carboxylic acids is 1. The van der Waals surface area contributed by atoms with E-state index >= 15 is 0 Å². The van der Waals surface area contributed by atoms with Crippen molar-refractivity contribution in [1.29, 1.82) is 0 Å². The van der Waals surface area contributed by atoms with Crippen molar-refractivity contribution in [1.82, 2.24) is 0 Å². The second kappa shape index (κ2) is 7.74. The van der Waals surface area contributed by atoms with Crippen molar-refractivity contribution in [2.75, 3.05) is 6.26 Å². The normalized spacial score (nSPS) is 19.6. The zero-order valence-electron chi connectivity index (χ0n) is 16.4. The lowest BCUT2D eigenvalue weighted by Crippen LogP contribution is -2.33. The summed E-state index contributed by atoms with van der Waals surface area (Å²) in [7, 11) is -3.55. The molecule has 1 atom stereocenters. The van der Waals surface area contributed by atoms with Crippen LogP contribution < -0.4 is 0 Å². The van der Waals surface area contributed by atoms with Crippen LogP contribution in [0.5, 0.6) is 0 Å². The summed E-state index contributed by atoms with van der Waals surface area (Å²) in [6.45, 7) is 1.11. The van der Waals surface area contributed by atoms with E-state index in [0.717, 1.165) is 25.3 Å². The van der Waals surface area contributed by atoms with Gasteiger partial charge in [-0.15, -0.1) is 0 Å². The van der Waals surface area contributed by atoms with Crippen molar-refractivity contribution >= 4 is 21.4 Å². The zero-order valence-corrected chi connectivity index (χ0v) is 17.2. The molecule has 0 fully saturated rings. The maximum atomic E-state index is 13.6. The fourth-order valence-corrected chi connectivity index (χ4v) is 4.24. The number of alkyl halides is 3. The van der Waals surface area contributed by atoms with Crippen LogP contribution in [0.4, 0.5) is 22.0 Å². The first-order valence-electron chi connectivity index (χ1n) is 8.98. The van der Waals surface area contributed by atoms with Crippen LogP contribution >= 0.6 is 0 Å². The average Bonchev–Trinajstić information content (AvgIpc) is 2.85. The van der Waals surface area contributed by atoms with Crippen LogP contribution in [0.2, 0.25) is 0 Å². The number of halogens is 5. The molecule has 3 rings (SSSR count). The molecule has 0 aliphatic carbocycles. The standard InChI is InChI=1S/C21H17F5O4S/c1-20(11-21(24,25)26)18(13-4-6-14(7-5-13)31(2,28)29)15(19(27)30-20)9-12-3-8-16(22)17(23)10-12/h3-8,10H,9,11H2,1-2H3/t20-/m1/s1. The molecule has 1 aliphatic rings. The van der Waals surface area contributed by atoms with Crippen LogP contribution in [0.25, 0.3) is 5.57 Å². The number of hydrogen-bond donors (Lipinski definition) is 0. The fraction of sp³-hybridized carbons (Fsp3) is 0.286. The van der Waals surface area contributed by atoms with Crippen LogP contribution in [0.15, 0.2) is 52.9 Å². The monoisotopic (exact) mass is 460 g/mol. The summed E-state index contributed by atoms with van der Waals surface area (Å²) in [6, 6.07) is 7.90. The highest BCUT2D eigenvalue weighted by Crippen LogP contribution is 2.46. The van der Waals surface area contributed by atoms with Gasteiger partial charge in [0.15, 0.2) is 21.5 Å². The Morgan fingerprint density at radius 1 is 1.00 bits per heavy atom. The van der Waals surface area contributed by atoms with E-state index in [4.69, 9.17) is 4.74 Å². The SMILES string of the molecule is C[C@]1(CC(F)(F)F)OC(=O)C(Cc2ccc(F)c(F)c2)=C1c1ccc(S(C)(=O)=O)cc1. The Bertz CT molecular complexity index is 1170. The molecule has 1 aliphatic heterocycles. The Labute approximate surface area is 175 Å². The van der Waals surface area contributed by atoms with Gasteiger partial charge in [-0.05, 0) is 42.3 Å². The first-order chi connectivity index (χ1) is 14.2. The van der Waals surface area contributed by atoms with Crippen LogP contribution in [-0.4, -0.2) is 32.4 Å². The number of hydrogen-bond acceptors (Lipinski definition) is 4. The molecule has 10 heteroatoms. The summed E-state index contributed by atoms with van der Waals surface area (Å²) >= 11 is 0. The van der Waals surface area contributed by atoms with E-state index in [-0.39, 0.29) is 33.6 Å². The van der Waals surface area contributed by atoms with Gasteiger partial charge in [-0.25, -0.2) is 22.0 Å². The van der Waals surface area contributed by atoms with Crippen LogP contribution in [-0.2, 0) is 25.8 Å². The highest BCUT2D eigenvalue weighted by molar-refractivity contribution is 7.90. The molecule has 2 aromatic rings. The van der Waals surface area contributed by atoms with Gasteiger partial charge in [0.2, 0.25) is 0 Å². The molecule has 31 heavy (non-hydrogen) atoms. The highest BCUT2D eigenvalue weighted by atomic mass is 32.2. The molecule has 0 spiro atoms. The van der Waals surface area contributed by atoms with Crippen molar-refractivity contribution in [3.8, 4) is 0 Å². The Hall–Kier alpha value is -2.75. The van der Waals surface area contributed by atoms with E-state index in [1.165, 1.54) is 30.3 Å². The van der Waals surface area contributed by atoms with Gasteiger partial charge in [-0.1, -0.05) is 18.2 Å². The van der Waals surface area contributed by atoms with Gasteiger partial charge in [0, 0.05) is 23.8 Å². The molecule has 0 aromatic heterocycles. The first-order valence-corrected chi connectivity index (χ1v) is 10.9. The van der Waals surface area contributed by atoms with E-state index < -0.39 is 45.6 Å². The molecule has 0 amide bonds. The van der Waals surface area contributed by atoms with Gasteiger partial charge in [-0.3, -0.25) is 0 Å². The van der Waals surface area contributed by atoms with Gasteiger partial charge in [0.25, 0.3) is 0 Å². The lowest BCUT2D eigenvalue weighted by molar-refractivity contribution is -0.175. The van der Waals surface area contributed by atoms with E-state index in [2.05, 4.69) is 0 Å². The molecule has 166 valence electrons. The quantitative estimate of drug-likeness (QED) is 0.482. The lowest BCUT2D eigenvalue weighted by Gasteiger charge is -2.28. The van der Waals surface area contributed by atoms with E-state index in [1.807, 2.05) is 0 Å². The maximum Gasteiger partial charge on any atom is 0.393 e. The third-order valence-electron chi connectivity index (χ3n) is 4.87. The fourth-order valence-electron chi connectivity index (χ4n) is 3.61. The number of benzene rings is 2. The minimum absolute atomic E-state index is 0.0539. The molecule has 0 saturated carbocycles. The molecule has 2 aromatic carbocycles. The third-order valence-corrected chi connectivity index (χ3v) is 6.00. The summed E-state index contributed by atoms with van der Waals surface area (Å²) < 4.78 is 95.1. The average molecular weight is 460 g/mol. The van der Waals surface area contributed by atoms with Gasteiger partial charge in [-0.2, -0.15) is 13.2 Å². The molecular formula is C21H17F5O4S. The molecule has 1 heterocycles. The van der Waals surface area contributed by atoms with Crippen molar-refractivity contribution in [2.24, 2.45) is 0 Å². The van der Waals surface area contributed by atoms with Gasteiger partial charge >= 0.3 is 12.1 Å². The lowest BCUT2D eigenvalue weighted by atomic mass is 9.84. The Kier molecular flexibility index (Phi) is 5.72. The minimum atomic E-state index is -4.68. The number of esters is 1. The van der Waals surface area contributed by atoms with Gasteiger partial charge < -0.3 is 4.74 Å². The summed E-state index contributed by atoms with van der Waals surface area (Å²) in [6.07, 6.45) is -5.47. The maximum absolute atomic E-state index is 13.6. The van der Waals surface area contributed by atoms with Crippen molar-refractivity contribution < 1.29 is 39.9 Å². The smallest absolute Gasteiger partial charge is 0.393 e. The van der Waals surface area contributed by atoms with Gasteiger partial charge in [0.05, 0.1) is 11.3 Å². The Morgan fingerprint density at radius 3 is 2.13 bits per heavy atom. The minimum Gasteiger partial charge on any atom is -0.451 e.